The summed E-state index contributed by atoms with van der Waals surface area (Å²) in [6.07, 6.45) is 7.45. The maximum atomic E-state index is 3.51. The number of fused-ring (bicyclic) bond motifs is 1. The smallest absolute Gasteiger partial charge is 0.0220 e. The summed E-state index contributed by atoms with van der Waals surface area (Å²) in [6.45, 7) is 4.11. The monoisotopic (exact) mass is 208 g/mol. The lowest BCUT2D eigenvalue weighted by Gasteiger charge is -2.23. The van der Waals surface area contributed by atoms with Gasteiger partial charge in [0.25, 0.3) is 0 Å². The third kappa shape index (κ3) is 2.07. The highest BCUT2D eigenvalue weighted by Gasteiger charge is 2.38. The van der Waals surface area contributed by atoms with E-state index in [1.54, 1.807) is 0 Å². The van der Waals surface area contributed by atoms with Gasteiger partial charge in [0.15, 0.2) is 0 Å². The summed E-state index contributed by atoms with van der Waals surface area (Å²) < 4.78 is 0. The number of rotatable bonds is 4. The Bertz CT molecular complexity index is 213. The van der Waals surface area contributed by atoms with Gasteiger partial charge in [-0.15, -0.1) is 0 Å². The Morgan fingerprint density at radius 2 is 1.80 bits per heavy atom. The van der Waals surface area contributed by atoms with Gasteiger partial charge in [-0.1, -0.05) is 6.42 Å². The average Bonchev–Trinajstić information content (AvgIpc) is 2.86. The van der Waals surface area contributed by atoms with Crippen LogP contribution in [-0.4, -0.2) is 37.6 Å². The van der Waals surface area contributed by atoms with Gasteiger partial charge in [-0.3, -0.25) is 0 Å². The fourth-order valence-corrected chi connectivity index (χ4v) is 3.73. The predicted molar refractivity (Wildman–Crippen MR) is 62.8 cm³/mol. The van der Waals surface area contributed by atoms with Crippen molar-refractivity contribution in [2.24, 2.45) is 17.8 Å². The zero-order valence-electron chi connectivity index (χ0n) is 9.91. The largest absolute Gasteiger partial charge is 0.315 e. The fraction of sp³-hybridized carbons (Fsp3) is 1.00. The van der Waals surface area contributed by atoms with E-state index in [0.717, 1.165) is 23.8 Å². The molecule has 2 saturated carbocycles. The standard InChI is InChI=1S/C13H24N2/c1-14-13(10-5-6-10)9-15-7-11-3-2-4-12(11)8-15/h10-14H,2-9H2,1H3. The van der Waals surface area contributed by atoms with Crippen LogP contribution in [0.3, 0.4) is 0 Å². The molecule has 0 aromatic heterocycles. The second-order valence-electron chi connectivity index (χ2n) is 5.90. The van der Waals surface area contributed by atoms with Gasteiger partial charge in [0.05, 0.1) is 0 Å². The van der Waals surface area contributed by atoms with Gasteiger partial charge in [0, 0.05) is 25.7 Å². The van der Waals surface area contributed by atoms with Gasteiger partial charge in [-0.2, -0.15) is 0 Å². The van der Waals surface area contributed by atoms with E-state index in [1.807, 2.05) is 0 Å². The Kier molecular flexibility index (Phi) is 2.73. The van der Waals surface area contributed by atoms with Crippen LogP contribution in [0.2, 0.25) is 0 Å². The first-order valence-electron chi connectivity index (χ1n) is 6.76. The first-order chi connectivity index (χ1) is 7.36. The van der Waals surface area contributed by atoms with Gasteiger partial charge in [0.2, 0.25) is 0 Å². The second-order valence-corrected chi connectivity index (χ2v) is 5.90. The molecule has 3 atom stereocenters. The molecule has 2 nitrogen and oxygen atoms in total. The summed E-state index contributed by atoms with van der Waals surface area (Å²) >= 11 is 0. The molecule has 2 aliphatic carbocycles. The normalized spacial score (nSPS) is 38.2. The van der Waals surface area contributed by atoms with E-state index in [1.165, 1.54) is 51.7 Å². The number of likely N-dealkylation sites (N-methyl/N-ethyl adjacent to an activating group) is 1. The van der Waals surface area contributed by atoms with Crippen LogP contribution in [0.15, 0.2) is 0 Å². The van der Waals surface area contributed by atoms with Gasteiger partial charge in [-0.05, 0) is 50.5 Å². The Balaban J connectivity index is 1.51. The zero-order valence-corrected chi connectivity index (χ0v) is 9.91. The first-order valence-corrected chi connectivity index (χ1v) is 6.76. The molecule has 0 aromatic carbocycles. The summed E-state index contributed by atoms with van der Waals surface area (Å²) in [7, 11) is 2.14. The molecule has 0 radical (unpaired) electrons. The van der Waals surface area contributed by atoms with E-state index in [9.17, 15) is 0 Å². The summed E-state index contributed by atoms with van der Waals surface area (Å²) in [5.41, 5.74) is 0. The lowest BCUT2D eigenvalue weighted by Crippen LogP contribution is -2.40. The number of nitrogens with zero attached hydrogens (tertiary/aromatic N) is 1. The van der Waals surface area contributed by atoms with Gasteiger partial charge < -0.3 is 10.2 Å². The van der Waals surface area contributed by atoms with Crippen LogP contribution >= 0.6 is 0 Å². The first kappa shape index (κ1) is 10.1. The minimum Gasteiger partial charge on any atom is -0.315 e. The third-order valence-electron chi connectivity index (χ3n) is 4.82. The molecule has 0 amide bonds. The van der Waals surface area contributed by atoms with Crippen molar-refractivity contribution in [3.05, 3.63) is 0 Å². The fourth-order valence-electron chi connectivity index (χ4n) is 3.73. The minimum atomic E-state index is 0.781. The molecule has 1 saturated heterocycles. The zero-order chi connectivity index (χ0) is 10.3. The molecule has 1 N–H and O–H groups in total. The lowest BCUT2D eigenvalue weighted by molar-refractivity contribution is 0.264. The quantitative estimate of drug-likeness (QED) is 0.757. The van der Waals surface area contributed by atoms with E-state index in [4.69, 9.17) is 0 Å². The van der Waals surface area contributed by atoms with Gasteiger partial charge >= 0.3 is 0 Å². The molecule has 86 valence electrons. The van der Waals surface area contributed by atoms with Crippen LogP contribution in [0.4, 0.5) is 0 Å². The third-order valence-corrected chi connectivity index (χ3v) is 4.82. The van der Waals surface area contributed by atoms with Gasteiger partial charge in [-0.25, -0.2) is 0 Å². The van der Waals surface area contributed by atoms with Crippen molar-refractivity contribution in [2.75, 3.05) is 26.7 Å². The molecule has 0 aromatic rings. The van der Waals surface area contributed by atoms with Crippen molar-refractivity contribution >= 4 is 0 Å². The Morgan fingerprint density at radius 3 is 2.33 bits per heavy atom. The van der Waals surface area contributed by atoms with E-state index in [0.29, 0.717) is 0 Å². The maximum absolute atomic E-state index is 3.51. The SMILES string of the molecule is CNC(CN1CC2CCCC2C1)C1CC1. The van der Waals surface area contributed by atoms with E-state index in [-0.39, 0.29) is 0 Å². The van der Waals surface area contributed by atoms with Crippen molar-refractivity contribution in [3.63, 3.8) is 0 Å². The lowest BCUT2D eigenvalue weighted by atomic mass is 10.0. The van der Waals surface area contributed by atoms with Crippen LogP contribution in [0.5, 0.6) is 0 Å². The van der Waals surface area contributed by atoms with Crippen LogP contribution in [-0.2, 0) is 0 Å². The predicted octanol–water partition coefficient (Wildman–Crippen LogP) is 1.72. The summed E-state index contributed by atoms with van der Waals surface area (Å²) in [5, 5.41) is 3.51. The molecule has 1 heterocycles. The molecule has 0 spiro atoms. The molecule has 0 bridgehead atoms. The van der Waals surface area contributed by atoms with Crippen molar-refractivity contribution in [2.45, 2.75) is 38.1 Å². The van der Waals surface area contributed by atoms with Crippen LogP contribution in [0.1, 0.15) is 32.1 Å². The maximum Gasteiger partial charge on any atom is 0.0220 e. The molecule has 15 heavy (non-hydrogen) atoms. The van der Waals surface area contributed by atoms with Crippen molar-refractivity contribution in [1.29, 1.82) is 0 Å². The van der Waals surface area contributed by atoms with Gasteiger partial charge in [0.1, 0.15) is 0 Å². The Morgan fingerprint density at radius 1 is 1.13 bits per heavy atom. The average molecular weight is 208 g/mol. The Labute approximate surface area is 93.4 Å². The molecule has 3 rings (SSSR count). The van der Waals surface area contributed by atoms with Crippen LogP contribution in [0, 0.1) is 17.8 Å². The van der Waals surface area contributed by atoms with Crippen LogP contribution < -0.4 is 5.32 Å². The highest BCUT2D eigenvalue weighted by molar-refractivity contribution is 4.93. The van der Waals surface area contributed by atoms with Crippen molar-refractivity contribution in [3.8, 4) is 0 Å². The van der Waals surface area contributed by atoms with Crippen LogP contribution in [0.25, 0.3) is 0 Å². The molecule has 1 aliphatic heterocycles. The summed E-state index contributed by atoms with van der Waals surface area (Å²) in [4.78, 5) is 2.73. The molecule has 3 aliphatic rings. The summed E-state index contributed by atoms with van der Waals surface area (Å²) in [6, 6.07) is 0.781. The molecule has 3 unspecified atom stereocenters. The number of hydrogen-bond acceptors (Lipinski definition) is 2. The molecule has 2 heteroatoms. The van der Waals surface area contributed by atoms with Crippen molar-refractivity contribution < 1.29 is 0 Å². The molecule has 3 fully saturated rings. The highest BCUT2D eigenvalue weighted by Crippen LogP contribution is 2.39. The minimum absolute atomic E-state index is 0.781. The number of likely N-dealkylation sites (tertiary alicyclic amines) is 1. The molecular formula is C13H24N2. The summed E-state index contributed by atoms with van der Waals surface area (Å²) in [5.74, 6) is 3.11. The number of hydrogen-bond donors (Lipinski definition) is 1. The van der Waals surface area contributed by atoms with Crippen molar-refractivity contribution in [1.82, 2.24) is 10.2 Å². The Hall–Kier alpha value is -0.0800. The van der Waals surface area contributed by atoms with E-state index < -0.39 is 0 Å². The molecular weight excluding hydrogens is 184 g/mol. The van der Waals surface area contributed by atoms with E-state index >= 15 is 0 Å². The number of nitrogens with one attached hydrogen (secondary N) is 1. The highest BCUT2D eigenvalue weighted by atomic mass is 15.2. The second kappa shape index (κ2) is 4.06. The topological polar surface area (TPSA) is 15.3 Å². The van der Waals surface area contributed by atoms with E-state index in [2.05, 4.69) is 17.3 Å².